The summed E-state index contributed by atoms with van der Waals surface area (Å²) in [7, 11) is 1.78. The van der Waals surface area contributed by atoms with Crippen LogP contribution in [0.3, 0.4) is 0 Å². The first-order valence-corrected chi connectivity index (χ1v) is 10.1. The minimum atomic E-state index is 0.139. The van der Waals surface area contributed by atoms with Crippen molar-refractivity contribution in [2.75, 3.05) is 46.4 Å². The van der Waals surface area contributed by atoms with Crippen LogP contribution in [0.1, 0.15) is 23.1 Å². The smallest absolute Gasteiger partial charge is 0.191 e. The first-order chi connectivity index (χ1) is 13.7. The number of furan rings is 1. The molecule has 1 aliphatic rings. The minimum absolute atomic E-state index is 0.139. The molecular formula is C21H29ClN4O2. The van der Waals surface area contributed by atoms with Crippen molar-refractivity contribution in [1.82, 2.24) is 15.5 Å². The van der Waals surface area contributed by atoms with Gasteiger partial charge in [0.2, 0.25) is 0 Å². The third-order valence-corrected chi connectivity index (χ3v) is 5.28. The molecule has 2 aromatic rings. The summed E-state index contributed by atoms with van der Waals surface area (Å²) < 4.78 is 11.4. The lowest BCUT2D eigenvalue weighted by molar-refractivity contribution is 0.0124. The number of guanidine groups is 1. The molecule has 0 saturated carbocycles. The molecule has 0 amide bonds. The highest BCUT2D eigenvalue weighted by Crippen LogP contribution is 2.23. The molecule has 0 bridgehead atoms. The van der Waals surface area contributed by atoms with E-state index in [1.54, 1.807) is 7.05 Å². The Morgan fingerprint density at radius 1 is 1.18 bits per heavy atom. The fraction of sp³-hybridized carbons (Fsp3) is 0.476. The minimum Gasteiger partial charge on any atom is -0.465 e. The van der Waals surface area contributed by atoms with E-state index < -0.39 is 0 Å². The highest BCUT2D eigenvalue weighted by Gasteiger charge is 2.25. The van der Waals surface area contributed by atoms with Gasteiger partial charge in [-0.2, -0.15) is 0 Å². The Bertz CT molecular complexity index is 771. The summed E-state index contributed by atoms with van der Waals surface area (Å²) in [5.74, 6) is 2.67. The van der Waals surface area contributed by atoms with Gasteiger partial charge in [-0.15, -0.1) is 0 Å². The number of ether oxygens (including phenoxy) is 1. The molecular weight excluding hydrogens is 376 g/mol. The quantitative estimate of drug-likeness (QED) is 0.548. The zero-order valence-corrected chi connectivity index (χ0v) is 17.3. The van der Waals surface area contributed by atoms with Crippen LogP contribution in [0.5, 0.6) is 0 Å². The number of benzene rings is 1. The highest BCUT2D eigenvalue weighted by molar-refractivity contribution is 6.31. The summed E-state index contributed by atoms with van der Waals surface area (Å²) in [5.41, 5.74) is 1.13. The van der Waals surface area contributed by atoms with Crippen LogP contribution < -0.4 is 10.6 Å². The molecule has 2 N–H and O–H groups in total. The zero-order chi connectivity index (χ0) is 19.8. The normalized spacial score (nSPS) is 16.8. The average Bonchev–Trinajstić information content (AvgIpc) is 3.15. The van der Waals surface area contributed by atoms with E-state index in [1.165, 1.54) is 0 Å². The first kappa shape index (κ1) is 20.7. The van der Waals surface area contributed by atoms with Crippen LogP contribution in [0.4, 0.5) is 0 Å². The number of halogens is 1. The second-order valence-electron chi connectivity index (χ2n) is 6.83. The van der Waals surface area contributed by atoms with E-state index in [0.29, 0.717) is 6.54 Å². The van der Waals surface area contributed by atoms with Crippen molar-refractivity contribution >= 4 is 17.6 Å². The maximum absolute atomic E-state index is 6.23. The van der Waals surface area contributed by atoms with Crippen molar-refractivity contribution < 1.29 is 9.15 Å². The molecule has 1 aromatic heterocycles. The van der Waals surface area contributed by atoms with Crippen LogP contribution in [-0.2, 0) is 11.2 Å². The van der Waals surface area contributed by atoms with Gasteiger partial charge < -0.3 is 19.8 Å². The monoisotopic (exact) mass is 404 g/mol. The molecule has 7 heteroatoms. The Hall–Kier alpha value is -2.02. The van der Waals surface area contributed by atoms with Gasteiger partial charge in [-0.1, -0.05) is 29.8 Å². The number of nitrogens with one attached hydrogen (secondary N) is 2. The highest BCUT2D eigenvalue weighted by atomic mass is 35.5. The number of morpholine rings is 1. The summed E-state index contributed by atoms with van der Waals surface area (Å²) in [6, 6.07) is 12.1. The topological polar surface area (TPSA) is 62.0 Å². The standard InChI is InChI=1S/C21H29ClN4O2/c1-16-7-8-20(28-16)19(26-11-13-27-14-12-26)15-25-21(23-2)24-10-9-17-5-3-4-6-18(17)22/h3-8,19H,9-15H2,1-2H3,(H2,23,24,25). The van der Waals surface area contributed by atoms with Crippen molar-refractivity contribution in [2.24, 2.45) is 4.99 Å². The molecule has 1 aliphatic heterocycles. The number of nitrogens with zero attached hydrogens (tertiary/aromatic N) is 2. The third kappa shape index (κ3) is 5.74. The van der Waals surface area contributed by atoms with Gasteiger partial charge in [-0.3, -0.25) is 9.89 Å². The van der Waals surface area contributed by atoms with E-state index in [1.807, 2.05) is 37.3 Å². The Labute approximate surface area is 171 Å². The predicted octanol–water partition coefficient (Wildman–Crippen LogP) is 3.02. The molecule has 6 nitrogen and oxygen atoms in total. The Balaban J connectivity index is 1.55. The van der Waals surface area contributed by atoms with Gasteiger partial charge in [-0.25, -0.2) is 0 Å². The molecule has 2 heterocycles. The molecule has 1 fully saturated rings. The van der Waals surface area contributed by atoms with Crippen LogP contribution in [0.2, 0.25) is 5.02 Å². The lowest BCUT2D eigenvalue weighted by Gasteiger charge is -2.33. The molecule has 0 spiro atoms. The van der Waals surface area contributed by atoms with E-state index >= 15 is 0 Å². The molecule has 0 aliphatic carbocycles. The van der Waals surface area contributed by atoms with E-state index in [-0.39, 0.29) is 6.04 Å². The summed E-state index contributed by atoms with van der Waals surface area (Å²) >= 11 is 6.23. The third-order valence-electron chi connectivity index (χ3n) is 4.91. The number of aryl methyl sites for hydroxylation is 1. The summed E-state index contributed by atoms with van der Waals surface area (Å²) in [6.45, 7) is 6.73. The lowest BCUT2D eigenvalue weighted by atomic mass is 10.1. The van der Waals surface area contributed by atoms with Crippen LogP contribution >= 0.6 is 11.6 Å². The van der Waals surface area contributed by atoms with Gasteiger partial charge in [0.1, 0.15) is 11.5 Å². The average molecular weight is 405 g/mol. The first-order valence-electron chi connectivity index (χ1n) is 9.73. The van der Waals surface area contributed by atoms with Gasteiger partial charge in [0, 0.05) is 38.2 Å². The Kier molecular flexibility index (Phi) is 7.77. The van der Waals surface area contributed by atoms with E-state index in [4.69, 9.17) is 20.8 Å². The predicted molar refractivity (Wildman–Crippen MR) is 113 cm³/mol. The molecule has 3 rings (SSSR count). The molecule has 1 aromatic carbocycles. The van der Waals surface area contributed by atoms with Gasteiger partial charge in [0.25, 0.3) is 0 Å². The van der Waals surface area contributed by atoms with Crippen LogP contribution in [0.25, 0.3) is 0 Å². The second kappa shape index (κ2) is 10.5. The van der Waals surface area contributed by atoms with Crippen molar-refractivity contribution in [2.45, 2.75) is 19.4 Å². The lowest BCUT2D eigenvalue weighted by Crippen LogP contribution is -2.46. The van der Waals surface area contributed by atoms with E-state index in [0.717, 1.165) is 67.3 Å². The number of hydrogen-bond acceptors (Lipinski definition) is 4. The number of aliphatic imine (C=N–C) groups is 1. The summed E-state index contributed by atoms with van der Waals surface area (Å²) in [4.78, 5) is 6.74. The van der Waals surface area contributed by atoms with Crippen molar-refractivity contribution in [3.63, 3.8) is 0 Å². The fourth-order valence-electron chi connectivity index (χ4n) is 3.36. The maximum Gasteiger partial charge on any atom is 0.191 e. The van der Waals surface area contributed by atoms with Gasteiger partial charge in [0.05, 0.1) is 19.3 Å². The number of rotatable bonds is 7. The molecule has 0 radical (unpaired) electrons. The molecule has 1 saturated heterocycles. The summed E-state index contributed by atoms with van der Waals surface area (Å²) in [6.07, 6.45) is 0.838. The fourth-order valence-corrected chi connectivity index (χ4v) is 3.59. The van der Waals surface area contributed by atoms with Crippen molar-refractivity contribution in [1.29, 1.82) is 0 Å². The molecule has 152 valence electrons. The molecule has 28 heavy (non-hydrogen) atoms. The zero-order valence-electron chi connectivity index (χ0n) is 16.6. The van der Waals surface area contributed by atoms with Gasteiger partial charge in [-0.05, 0) is 37.1 Å². The number of hydrogen-bond donors (Lipinski definition) is 2. The van der Waals surface area contributed by atoms with Crippen LogP contribution in [0.15, 0.2) is 45.8 Å². The molecule has 1 atom stereocenters. The largest absolute Gasteiger partial charge is 0.465 e. The van der Waals surface area contributed by atoms with Gasteiger partial charge in [0.15, 0.2) is 5.96 Å². The summed E-state index contributed by atoms with van der Waals surface area (Å²) in [5, 5.41) is 7.60. The van der Waals surface area contributed by atoms with Gasteiger partial charge >= 0.3 is 0 Å². The van der Waals surface area contributed by atoms with E-state index in [2.05, 4.69) is 26.6 Å². The maximum atomic E-state index is 6.23. The van der Waals surface area contributed by atoms with Crippen LogP contribution in [-0.4, -0.2) is 57.3 Å². The van der Waals surface area contributed by atoms with Crippen LogP contribution in [0, 0.1) is 6.92 Å². The molecule has 1 unspecified atom stereocenters. The Morgan fingerprint density at radius 3 is 2.64 bits per heavy atom. The second-order valence-corrected chi connectivity index (χ2v) is 7.24. The van der Waals surface area contributed by atoms with E-state index in [9.17, 15) is 0 Å². The SMILES string of the molecule is CN=C(NCCc1ccccc1Cl)NCC(c1ccc(C)o1)N1CCOCC1. The van der Waals surface area contributed by atoms with Crippen molar-refractivity contribution in [3.8, 4) is 0 Å². The van der Waals surface area contributed by atoms with Crippen molar-refractivity contribution in [3.05, 3.63) is 58.5 Å². The Morgan fingerprint density at radius 2 is 1.96 bits per heavy atom.